The molecule has 0 aromatic carbocycles. The molecule has 0 saturated heterocycles. The number of methoxy groups -OCH3 is 1. The first-order valence-corrected chi connectivity index (χ1v) is 4.40. The normalized spacial score (nSPS) is 14.1. The molecule has 0 heterocycles. The lowest BCUT2D eigenvalue weighted by Crippen LogP contribution is -2.49. The van der Waals surface area contributed by atoms with Crippen LogP contribution < -0.4 is 11.3 Å². The number of nitrogens with two attached hydrogens (primary N) is 1. The molecule has 13 heavy (non-hydrogen) atoms. The van der Waals surface area contributed by atoms with Gasteiger partial charge in [0, 0.05) is 20.7 Å². The van der Waals surface area contributed by atoms with E-state index in [0.717, 1.165) is 6.54 Å². The van der Waals surface area contributed by atoms with Gasteiger partial charge in [-0.25, -0.2) is 5.84 Å². The van der Waals surface area contributed by atoms with Crippen molar-refractivity contribution >= 4 is 5.96 Å². The largest absolute Gasteiger partial charge is 0.383 e. The Bertz CT molecular complexity index is 160. The van der Waals surface area contributed by atoms with E-state index in [1.165, 1.54) is 0 Å². The van der Waals surface area contributed by atoms with E-state index in [0.29, 0.717) is 12.6 Å². The van der Waals surface area contributed by atoms with Crippen LogP contribution in [0, 0.1) is 0 Å². The van der Waals surface area contributed by atoms with Crippen LogP contribution in [-0.2, 0) is 4.74 Å². The molecule has 1 unspecified atom stereocenters. The molecule has 0 rings (SSSR count). The Morgan fingerprint density at radius 1 is 1.69 bits per heavy atom. The van der Waals surface area contributed by atoms with Crippen molar-refractivity contribution in [2.24, 2.45) is 10.8 Å². The fraction of sp³-hybridized carbons (Fsp3) is 0.875. The fourth-order valence-electron chi connectivity index (χ4n) is 1.28. The summed E-state index contributed by atoms with van der Waals surface area (Å²) in [5.74, 6) is 6.02. The Morgan fingerprint density at radius 2 is 2.31 bits per heavy atom. The quantitative estimate of drug-likeness (QED) is 0.277. The molecule has 0 saturated carbocycles. The van der Waals surface area contributed by atoms with Gasteiger partial charge in [0.15, 0.2) is 0 Å². The van der Waals surface area contributed by atoms with Crippen LogP contribution >= 0.6 is 0 Å². The summed E-state index contributed by atoms with van der Waals surface area (Å²) in [6, 6.07) is 0.268. The lowest BCUT2D eigenvalue weighted by atomic mass is 10.3. The molecule has 5 heteroatoms. The molecule has 0 aromatic heterocycles. The van der Waals surface area contributed by atoms with Gasteiger partial charge in [-0.2, -0.15) is 0 Å². The summed E-state index contributed by atoms with van der Waals surface area (Å²) in [6.45, 7) is 5.63. The highest BCUT2D eigenvalue weighted by Gasteiger charge is 2.14. The van der Waals surface area contributed by atoms with Gasteiger partial charge in [-0.3, -0.25) is 10.4 Å². The molecule has 1 atom stereocenters. The first-order valence-electron chi connectivity index (χ1n) is 4.40. The van der Waals surface area contributed by atoms with Crippen LogP contribution in [0.2, 0.25) is 0 Å². The Kier molecular flexibility index (Phi) is 6.26. The number of hydrazine groups is 1. The minimum atomic E-state index is 0.268. The Morgan fingerprint density at radius 3 is 2.62 bits per heavy atom. The first kappa shape index (κ1) is 12.2. The van der Waals surface area contributed by atoms with Crippen molar-refractivity contribution in [3.05, 3.63) is 0 Å². The summed E-state index contributed by atoms with van der Waals surface area (Å²) >= 11 is 0. The lowest BCUT2D eigenvalue weighted by molar-refractivity contribution is 0.136. The van der Waals surface area contributed by atoms with Crippen LogP contribution in [0.3, 0.4) is 0 Å². The summed E-state index contributed by atoms with van der Waals surface area (Å²) < 4.78 is 5.06. The van der Waals surface area contributed by atoms with E-state index < -0.39 is 0 Å². The van der Waals surface area contributed by atoms with Gasteiger partial charge in [-0.1, -0.05) is 0 Å². The van der Waals surface area contributed by atoms with E-state index in [-0.39, 0.29) is 6.04 Å². The fourth-order valence-corrected chi connectivity index (χ4v) is 1.28. The summed E-state index contributed by atoms with van der Waals surface area (Å²) in [6.07, 6.45) is 0. The van der Waals surface area contributed by atoms with Crippen molar-refractivity contribution in [1.82, 2.24) is 10.3 Å². The van der Waals surface area contributed by atoms with E-state index in [2.05, 4.69) is 24.3 Å². The van der Waals surface area contributed by atoms with Crippen LogP contribution in [-0.4, -0.2) is 44.2 Å². The molecule has 3 N–H and O–H groups in total. The second-order valence-corrected chi connectivity index (χ2v) is 2.78. The number of likely N-dealkylation sites (N-methyl/N-ethyl adjacent to an activating group) is 1. The number of hydrogen-bond acceptors (Lipinski definition) is 3. The maximum absolute atomic E-state index is 5.33. The third-order valence-corrected chi connectivity index (χ3v) is 1.89. The van der Waals surface area contributed by atoms with Gasteiger partial charge < -0.3 is 9.64 Å². The number of nitrogens with zero attached hydrogens (tertiary/aromatic N) is 2. The predicted octanol–water partition coefficient (Wildman–Crippen LogP) is -0.208. The zero-order valence-electron chi connectivity index (χ0n) is 8.87. The topological polar surface area (TPSA) is 62.9 Å². The predicted molar refractivity (Wildman–Crippen MR) is 54.4 cm³/mol. The molecule has 78 valence electrons. The number of nitrogens with one attached hydrogen (secondary N) is 1. The third-order valence-electron chi connectivity index (χ3n) is 1.89. The van der Waals surface area contributed by atoms with Crippen LogP contribution in [0.15, 0.2) is 4.99 Å². The van der Waals surface area contributed by atoms with Crippen molar-refractivity contribution in [1.29, 1.82) is 0 Å². The van der Waals surface area contributed by atoms with E-state index in [1.54, 1.807) is 14.2 Å². The van der Waals surface area contributed by atoms with Crippen LogP contribution in [0.25, 0.3) is 0 Å². The molecule has 0 aliphatic rings. The molecule has 0 amide bonds. The van der Waals surface area contributed by atoms with Crippen molar-refractivity contribution < 1.29 is 4.74 Å². The minimum absolute atomic E-state index is 0.268. The van der Waals surface area contributed by atoms with Crippen molar-refractivity contribution in [3.8, 4) is 0 Å². The van der Waals surface area contributed by atoms with Crippen molar-refractivity contribution in [2.45, 2.75) is 19.9 Å². The maximum atomic E-state index is 5.33. The SMILES string of the molecule is CCN(C(=NC)NN)C(C)COC. The summed E-state index contributed by atoms with van der Waals surface area (Å²) in [5.41, 5.74) is 2.56. The molecule has 0 spiro atoms. The van der Waals surface area contributed by atoms with Gasteiger partial charge in [-0.15, -0.1) is 0 Å². The van der Waals surface area contributed by atoms with Gasteiger partial charge in [0.05, 0.1) is 12.6 Å². The Hall–Kier alpha value is -0.810. The molecule has 0 fully saturated rings. The molecule has 0 aliphatic heterocycles. The highest BCUT2D eigenvalue weighted by Crippen LogP contribution is 1.99. The van der Waals surface area contributed by atoms with Crippen molar-refractivity contribution in [2.75, 3.05) is 27.3 Å². The molecule has 0 radical (unpaired) electrons. The average Bonchev–Trinajstić information content (AvgIpc) is 2.14. The third kappa shape index (κ3) is 3.61. The average molecular weight is 188 g/mol. The molecule has 0 aromatic rings. The monoisotopic (exact) mass is 188 g/mol. The summed E-state index contributed by atoms with van der Waals surface area (Å²) in [4.78, 5) is 6.08. The van der Waals surface area contributed by atoms with E-state index in [1.807, 2.05) is 4.90 Å². The highest BCUT2D eigenvalue weighted by molar-refractivity contribution is 5.79. The van der Waals surface area contributed by atoms with E-state index >= 15 is 0 Å². The number of aliphatic imine (C=N–C) groups is 1. The second-order valence-electron chi connectivity index (χ2n) is 2.78. The standard InChI is InChI=1S/C8H20N4O/c1-5-12(7(2)6-13-4)8(10-3)11-9/h7H,5-6,9H2,1-4H3,(H,10,11). The number of hydrogen-bond donors (Lipinski definition) is 2. The first-order chi connectivity index (χ1) is 6.21. The lowest BCUT2D eigenvalue weighted by Gasteiger charge is -2.29. The van der Waals surface area contributed by atoms with Gasteiger partial charge in [0.1, 0.15) is 0 Å². The van der Waals surface area contributed by atoms with Crippen LogP contribution in [0.4, 0.5) is 0 Å². The smallest absolute Gasteiger partial charge is 0.208 e. The highest BCUT2D eigenvalue weighted by atomic mass is 16.5. The molecule has 5 nitrogen and oxygen atoms in total. The van der Waals surface area contributed by atoms with E-state index in [9.17, 15) is 0 Å². The summed E-state index contributed by atoms with van der Waals surface area (Å²) in [7, 11) is 3.39. The van der Waals surface area contributed by atoms with Gasteiger partial charge in [0.25, 0.3) is 0 Å². The number of ether oxygens (including phenoxy) is 1. The molecular weight excluding hydrogens is 168 g/mol. The Balaban J connectivity index is 4.30. The minimum Gasteiger partial charge on any atom is -0.383 e. The zero-order valence-corrected chi connectivity index (χ0v) is 8.87. The van der Waals surface area contributed by atoms with Crippen molar-refractivity contribution in [3.63, 3.8) is 0 Å². The zero-order chi connectivity index (χ0) is 10.3. The molecule has 0 aliphatic carbocycles. The molecule has 0 bridgehead atoms. The molecular formula is C8H20N4O. The maximum Gasteiger partial charge on any atom is 0.208 e. The van der Waals surface area contributed by atoms with E-state index in [4.69, 9.17) is 10.6 Å². The van der Waals surface area contributed by atoms with Gasteiger partial charge >= 0.3 is 0 Å². The Labute approximate surface area is 79.9 Å². The van der Waals surface area contributed by atoms with Gasteiger partial charge in [0.2, 0.25) is 5.96 Å². The van der Waals surface area contributed by atoms with Crippen LogP contribution in [0.5, 0.6) is 0 Å². The van der Waals surface area contributed by atoms with Gasteiger partial charge in [-0.05, 0) is 13.8 Å². The summed E-state index contributed by atoms with van der Waals surface area (Å²) in [5, 5.41) is 0. The number of guanidine groups is 1. The second kappa shape index (κ2) is 6.68. The van der Waals surface area contributed by atoms with Crippen LogP contribution in [0.1, 0.15) is 13.8 Å². The number of rotatable bonds is 4.